The first-order valence-electron chi connectivity index (χ1n) is 8.71. The minimum Gasteiger partial charge on any atom is -0.507 e. The topological polar surface area (TPSA) is 94.9 Å². The van der Waals surface area contributed by atoms with E-state index in [-0.39, 0.29) is 30.7 Å². The van der Waals surface area contributed by atoms with Crippen LogP contribution in [0.1, 0.15) is 30.0 Å². The second-order valence-electron chi connectivity index (χ2n) is 6.41. The molecule has 0 saturated carbocycles. The van der Waals surface area contributed by atoms with Crippen LogP contribution >= 0.6 is 11.6 Å². The monoisotopic (exact) mass is 399 g/mol. The number of nitrogens with zero attached hydrogens (tertiary/aromatic N) is 1. The number of likely N-dealkylation sites (tertiary alicyclic amines) is 1. The highest BCUT2D eigenvalue weighted by molar-refractivity contribution is 6.46. The number of rotatable bonds is 6. The largest absolute Gasteiger partial charge is 0.507 e. The van der Waals surface area contributed by atoms with Crippen molar-refractivity contribution in [3.63, 3.8) is 0 Å². The van der Waals surface area contributed by atoms with Gasteiger partial charge in [0.05, 0.1) is 11.6 Å². The van der Waals surface area contributed by atoms with Gasteiger partial charge in [0.15, 0.2) is 0 Å². The van der Waals surface area contributed by atoms with Crippen molar-refractivity contribution in [2.24, 2.45) is 0 Å². The van der Waals surface area contributed by atoms with Crippen LogP contribution < -0.4 is 0 Å². The maximum absolute atomic E-state index is 12.7. The summed E-state index contributed by atoms with van der Waals surface area (Å²) in [6.45, 7) is 0.0911. The third-order valence-corrected chi connectivity index (χ3v) is 4.81. The number of carbonyl (C=O) groups is 3. The summed E-state index contributed by atoms with van der Waals surface area (Å²) in [5, 5.41) is 20.2. The number of halogens is 1. The zero-order valence-corrected chi connectivity index (χ0v) is 15.6. The third kappa shape index (κ3) is 3.92. The van der Waals surface area contributed by atoms with E-state index in [1.54, 1.807) is 54.6 Å². The number of carboxylic acid groups (broad SMARTS) is 1. The van der Waals surface area contributed by atoms with Gasteiger partial charge >= 0.3 is 5.97 Å². The molecule has 28 heavy (non-hydrogen) atoms. The van der Waals surface area contributed by atoms with Gasteiger partial charge in [0.25, 0.3) is 11.7 Å². The number of benzene rings is 2. The molecule has 1 amide bonds. The predicted molar refractivity (Wildman–Crippen MR) is 104 cm³/mol. The lowest BCUT2D eigenvalue weighted by molar-refractivity contribution is -0.140. The van der Waals surface area contributed by atoms with Gasteiger partial charge < -0.3 is 15.1 Å². The Morgan fingerprint density at radius 2 is 1.64 bits per heavy atom. The molecule has 2 N–H and O–H groups in total. The molecule has 2 aromatic rings. The van der Waals surface area contributed by atoms with Crippen molar-refractivity contribution >= 4 is 35.0 Å². The van der Waals surface area contributed by atoms with Gasteiger partial charge in [-0.25, -0.2) is 0 Å². The summed E-state index contributed by atoms with van der Waals surface area (Å²) < 4.78 is 0. The molecule has 1 saturated heterocycles. The molecule has 0 spiro atoms. The van der Waals surface area contributed by atoms with Crippen LogP contribution in [0.5, 0.6) is 0 Å². The van der Waals surface area contributed by atoms with Crippen LogP contribution in [0.2, 0.25) is 5.02 Å². The molecule has 0 radical (unpaired) electrons. The minimum atomic E-state index is -0.978. The zero-order chi connectivity index (χ0) is 20.3. The highest BCUT2D eigenvalue weighted by Crippen LogP contribution is 2.39. The zero-order valence-electron chi connectivity index (χ0n) is 14.8. The molecule has 1 heterocycles. The van der Waals surface area contributed by atoms with E-state index < -0.39 is 23.7 Å². The first-order chi connectivity index (χ1) is 13.4. The average molecular weight is 400 g/mol. The Labute approximate surface area is 166 Å². The number of hydrogen-bond donors (Lipinski definition) is 2. The van der Waals surface area contributed by atoms with Crippen LogP contribution in [0.3, 0.4) is 0 Å². The van der Waals surface area contributed by atoms with Crippen LogP contribution in [0.15, 0.2) is 60.2 Å². The second-order valence-corrected chi connectivity index (χ2v) is 6.84. The highest BCUT2D eigenvalue weighted by atomic mass is 35.5. The van der Waals surface area contributed by atoms with Crippen molar-refractivity contribution in [3.05, 3.63) is 76.3 Å². The Bertz CT molecular complexity index is 937. The lowest BCUT2D eigenvalue weighted by atomic mass is 9.95. The summed E-state index contributed by atoms with van der Waals surface area (Å²) in [6.07, 6.45) is 0.0777. The van der Waals surface area contributed by atoms with Gasteiger partial charge in [-0.05, 0) is 36.2 Å². The first-order valence-corrected chi connectivity index (χ1v) is 9.09. The first kappa shape index (κ1) is 19.6. The lowest BCUT2D eigenvalue weighted by Crippen LogP contribution is -2.31. The maximum atomic E-state index is 12.7. The number of ketones is 1. The summed E-state index contributed by atoms with van der Waals surface area (Å²) >= 11 is 5.88. The number of hydrogen-bond acceptors (Lipinski definition) is 4. The van der Waals surface area contributed by atoms with Crippen LogP contribution in [0.25, 0.3) is 5.76 Å². The molecular weight excluding hydrogens is 382 g/mol. The molecular formula is C21H18ClNO5. The van der Waals surface area contributed by atoms with Crippen molar-refractivity contribution in [1.82, 2.24) is 4.90 Å². The normalized spacial score (nSPS) is 18.5. The Hall–Kier alpha value is -3.12. The molecule has 1 aliphatic rings. The van der Waals surface area contributed by atoms with Gasteiger partial charge in [-0.2, -0.15) is 0 Å². The molecule has 3 rings (SSSR count). The van der Waals surface area contributed by atoms with Gasteiger partial charge in [0.1, 0.15) is 5.76 Å². The van der Waals surface area contributed by atoms with Crippen molar-refractivity contribution in [2.75, 3.05) is 6.54 Å². The van der Waals surface area contributed by atoms with Crippen LogP contribution in [0, 0.1) is 0 Å². The summed E-state index contributed by atoms with van der Waals surface area (Å²) in [5.41, 5.74) is 1.01. The number of aliphatic hydroxyl groups is 1. The number of amides is 1. The predicted octanol–water partition coefficient (Wildman–Crippen LogP) is 3.63. The number of carboxylic acids is 1. The number of carbonyl (C=O) groups excluding carboxylic acids is 2. The molecule has 6 nitrogen and oxygen atoms in total. The highest BCUT2D eigenvalue weighted by Gasteiger charge is 2.45. The number of aliphatic hydroxyl groups excluding tert-OH is 1. The molecule has 1 aliphatic heterocycles. The Morgan fingerprint density at radius 3 is 2.25 bits per heavy atom. The molecule has 1 fully saturated rings. The maximum Gasteiger partial charge on any atom is 0.303 e. The Balaban J connectivity index is 2.07. The van der Waals surface area contributed by atoms with Crippen molar-refractivity contribution in [3.8, 4) is 0 Å². The SMILES string of the molecule is O=C(O)CCCN1C(=O)C(=O)/C(=C(\O)c2ccc(Cl)cc2)C1c1ccccc1. The van der Waals surface area contributed by atoms with Gasteiger partial charge in [-0.15, -0.1) is 0 Å². The second kappa shape index (κ2) is 8.27. The fourth-order valence-electron chi connectivity index (χ4n) is 3.26. The summed E-state index contributed by atoms with van der Waals surface area (Å²) in [5.74, 6) is -2.81. The van der Waals surface area contributed by atoms with Crippen molar-refractivity contribution < 1.29 is 24.6 Å². The summed E-state index contributed by atoms with van der Waals surface area (Å²) in [6, 6.07) is 14.4. The van der Waals surface area contributed by atoms with E-state index in [2.05, 4.69) is 0 Å². The summed E-state index contributed by atoms with van der Waals surface area (Å²) in [4.78, 5) is 37.5. The molecule has 0 bridgehead atoms. The van der Waals surface area contributed by atoms with Crippen LogP contribution in [-0.2, 0) is 14.4 Å². The van der Waals surface area contributed by atoms with Gasteiger partial charge in [-0.1, -0.05) is 41.9 Å². The van der Waals surface area contributed by atoms with E-state index in [9.17, 15) is 19.5 Å². The third-order valence-electron chi connectivity index (χ3n) is 4.56. The van der Waals surface area contributed by atoms with Crippen molar-refractivity contribution in [2.45, 2.75) is 18.9 Å². The van der Waals surface area contributed by atoms with E-state index in [1.165, 1.54) is 4.90 Å². The summed E-state index contributed by atoms with van der Waals surface area (Å²) in [7, 11) is 0. The quantitative estimate of drug-likeness (QED) is 0.439. The fraction of sp³-hybridized carbons (Fsp3) is 0.190. The van der Waals surface area contributed by atoms with E-state index in [0.29, 0.717) is 16.1 Å². The molecule has 7 heteroatoms. The van der Waals surface area contributed by atoms with E-state index >= 15 is 0 Å². The Kier molecular flexibility index (Phi) is 5.80. The number of Topliss-reactive ketones (excluding diaryl/α,β-unsaturated/α-hetero) is 1. The van der Waals surface area contributed by atoms with E-state index in [4.69, 9.17) is 16.7 Å². The fourth-order valence-corrected chi connectivity index (χ4v) is 3.38. The standard InChI is InChI=1S/C21H18ClNO5/c22-15-10-8-14(9-11-15)19(26)17-18(13-5-2-1-3-6-13)23(21(28)20(17)27)12-4-7-16(24)25/h1-3,5-6,8-11,18,26H,4,7,12H2,(H,24,25)/b19-17-. The van der Waals surface area contributed by atoms with Crippen LogP contribution in [0.4, 0.5) is 0 Å². The van der Waals surface area contributed by atoms with Gasteiger partial charge in [-0.3, -0.25) is 14.4 Å². The molecule has 1 atom stereocenters. The number of aliphatic carboxylic acids is 1. The minimum absolute atomic E-state index is 0.0196. The van der Waals surface area contributed by atoms with Gasteiger partial charge in [0.2, 0.25) is 0 Å². The van der Waals surface area contributed by atoms with Crippen molar-refractivity contribution in [1.29, 1.82) is 0 Å². The molecule has 0 aromatic heterocycles. The molecule has 144 valence electrons. The van der Waals surface area contributed by atoms with Crippen LogP contribution in [-0.4, -0.2) is 39.3 Å². The van der Waals surface area contributed by atoms with E-state index in [0.717, 1.165) is 0 Å². The molecule has 0 aliphatic carbocycles. The smallest absolute Gasteiger partial charge is 0.303 e. The van der Waals surface area contributed by atoms with Gasteiger partial charge in [0, 0.05) is 23.6 Å². The molecule has 1 unspecified atom stereocenters. The lowest BCUT2D eigenvalue weighted by Gasteiger charge is -2.25. The molecule has 2 aromatic carbocycles. The average Bonchev–Trinajstić information content (AvgIpc) is 2.93. The Morgan fingerprint density at radius 1 is 1.00 bits per heavy atom. The van der Waals surface area contributed by atoms with E-state index in [1.807, 2.05) is 0 Å².